The van der Waals surface area contributed by atoms with Crippen LogP contribution in [0.3, 0.4) is 0 Å². The van der Waals surface area contributed by atoms with E-state index in [1.807, 2.05) is 18.2 Å². The van der Waals surface area contributed by atoms with E-state index in [2.05, 4.69) is 35.5 Å². The Morgan fingerprint density at radius 2 is 2.27 bits per heavy atom. The third kappa shape index (κ3) is 3.10. The Balaban J connectivity index is 3.07. The van der Waals surface area contributed by atoms with Gasteiger partial charge in [-0.25, -0.2) is 0 Å². The SMILES string of the molecule is C=CCC(CC)c1cc(Br)ccc1OC. The van der Waals surface area contributed by atoms with Crippen LogP contribution in [0, 0.1) is 0 Å². The summed E-state index contributed by atoms with van der Waals surface area (Å²) in [7, 11) is 1.72. The first-order chi connectivity index (χ1) is 7.22. The molecule has 0 saturated heterocycles. The van der Waals surface area contributed by atoms with E-state index < -0.39 is 0 Å². The minimum atomic E-state index is 0.495. The van der Waals surface area contributed by atoms with Gasteiger partial charge in [0, 0.05) is 4.47 Å². The molecule has 0 radical (unpaired) electrons. The van der Waals surface area contributed by atoms with Crippen molar-refractivity contribution < 1.29 is 4.74 Å². The second-order valence-electron chi connectivity index (χ2n) is 3.52. The number of methoxy groups -OCH3 is 1. The van der Waals surface area contributed by atoms with Crippen molar-refractivity contribution >= 4 is 15.9 Å². The van der Waals surface area contributed by atoms with E-state index in [0.717, 1.165) is 23.1 Å². The molecule has 0 heterocycles. The summed E-state index contributed by atoms with van der Waals surface area (Å²) in [6, 6.07) is 6.14. The van der Waals surface area contributed by atoms with Crippen molar-refractivity contribution in [3.8, 4) is 5.75 Å². The van der Waals surface area contributed by atoms with E-state index in [-0.39, 0.29) is 0 Å². The van der Waals surface area contributed by atoms with E-state index in [0.29, 0.717) is 5.92 Å². The summed E-state index contributed by atoms with van der Waals surface area (Å²) in [5.74, 6) is 1.46. The van der Waals surface area contributed by atoms with Gasteiger partial charge in [0.05, 0.1) is 7.11 Å². The molecule has 1 nitrogen and oxygen atoms in total. The highest BCUT2D eigenvalue weighted by molar-refractivity contribution is 9.10. The summed E-state index contributed by atoms with van der Waals surface area (Å²) in [6.45, 7) is 5.99. The summed E-state index contributed by atoms with van der Waals surface area (Å²) in [5, 5.41) is 0. The number of benzene rings is 1. The van der Waals surface area contributed by atoms with Crippen LogP contribution >= 0.6 is 15.9 Å². The zero-order valence-electron chi connectivity index (χ0n) is 9.29. The average molecular weight is 269 g/mol. The fraction of sp³-hybridized carbons (Fsp3) is 0.385. The Labute approximate surface area is 100 Å². The Morgan fingerprint density at radius 1 is 1.53 bits per heavy atom. The van der Waals surface area contributed by atoms with Crippen molar-refractivity contribution in [2.45, 2.75) is 25.7 Å². The predicted octanol–water partition coefficient (Wildman–Crippen LogP) is 4.53. The van der Waals surface area contributed by atoms with Gasteiger partial charge in [0.25, 0.3) is 0 Å². The highest BCUT2D eigenvalue weighted by Crippen LogP contribution is 2.33. The summed E-state index contributed by atoms with van der Waals surface area (Å²) in [5.41, 5.74) is 1.26. The lowest BCUT2D eigenvalue weighted by atomic mass is 9.92. The Bertz CT molecular complexity index is 333. The van der Waals surface area contributed by atoms with Gasteiger partial charge in [-0.15, -0.1) is 6.58 Å². The standard InChI is InChI=1S/C13H17BrO/c1-4-6-10(5-2)12-9-11(14)7-8-13(12)15-3/h4,7-10H,1,5-6H2,2-3H3. The van der Waals surface area contributed by atoms with E-state index in [4.69, 9.17) is 4.74 Å². The van der Waals surface area contributed by atoms with Gasteiger partial charge in [0.15, 0.2) is 0 Å². The molecule has 0 aliphatic carbocycles. The number of rotatable bonds is 5. The summed E-state index contributed by atoms with van der Waals surface area (Å²) >= 11 is 3.49. The summed E-state index contributed by atoms with van der Waals surface area (Å²) < 4.78 is 6.47. The van der Waals surface area contributed by atoms with Gasteiger partial charge >= 0.3 is 0 Å². The quantitative estimate of drug-likeness (QED) is 0.714. The van der Waals surface area contributed by atoms with Gasteiger partial charge < -0.3 is 4.74 Å². The normalized spacial score (nSPS) is 12.2. The lowest BCUT2D eigenvalue weighted by Gasteiger charge is -2.17. The smallest absolute Gasteiger partial charge is 0.122 e. The first-order valence-electron chi connectivity index (χ1n) is 5.17. The van der Waals surface area contributed by atoms with Crippen LogP contribution < -0.4 is 4.74 Å². The van der Waals surface area contributed by atoms with Crippen LogP contribution in [-0.4, -0.2) is 7.11 Å². The summed E-state index contributed by atoms with van der Waals surface area (Å²) in [4.78, 5) is 0. The molecule has 82 valence electrons. The van der Waals surface area contributed by atoms with Crippen LogP contribution in [0.5, 0.6) is 5.75 Å². The Kier molecular flexibility index (Phi) is 4.89. The Morgan fingerprint density at radius 3 is 2.80 bits per heavy atom. The van der Waals surface area contributed by atoms with Gasteiger partial charge in [-0.2, -0.15) is 0 Å². The number of halogens is 1. The minimum Gasteiger partial charge on any atom is -0.496 e. The predicted molar refractivity (Wildman–Crippen MR) is 68.5 cm³/mol. The molecular formula is C13H17BrO. The van der Waals surface area contributed by atoms with Crippen LogP contribution in [0.25, 0.3) is 0 Å². The molecule has 0 saturated carbocycles. The Hall–Kier alpha value is -0.760. The zero-order valence-corrected chi connectivity index (χ0v) is 10.9. The number of hydrogen-bond acceptors (Lipinski definition) is 1. The van der Waals surface area contributed by atoms with Crippen molar-refractivity contribution in [3.63, 3.8) is 0 Å². The molecule has 1 unspecified atom stereocenters. The highest BCUT2D eigenvalue weighted by Gasteiger charge is 2.13. The molecule has 0 aliphatic heterocycles. The number of allylic oxidation sites excluding steroid dienone is 1. The first-order valence-corrected chi connectivity index (χ1v) is 5.96. The van der Waals surface area contributed by atoms with Crippen LogP contribution in [0.1, 0.15) is 31.2 Å². The molecular weight excluding hydrogens is 252 g/mol. The van der Waals surface area contributed by atoms with E-state index in [1.165, 1.54) is 5.56 Å². The van der Waals surface area contributed by atoms with Crippen LogP contribution in [-0.2, 0) is 0 Å². The maximum absolute atomic E-state index is 5.37. The number of ether oxygens (including phenoxy) is 1. The molecule has 2 heteroatoms. The number of hydrogen-bond donors (Lipinski definition) is 0. The van der Waals surface area contributed by atoms with Crippen molar-refractivity contribution in [3.05, 3.63) is 40.9 Å². The lowest BCUT2D eigenvalue weighted by molar-refractivity contribution is 0.404. The molecule has 1 atom stereocenters. The lowest BCUT2D eigenvalue weighted by Crippen LogP contribution is -1.99. The molecule has 0 fully saturated rings. The van der Waals surface area contributed by atoms with Crippen molar-refractivity contribution in [2.24, 2.45) is 0 Å². The van der Waals surface area contributed by atoms with Gasteiger partial charge in [-0.3, -0.25) is 0 Å². The maximum Gasteiger partial charge on any atom is 0.122 e. The van der Waals surface area contributed by atoms with Crippen molar-refractivity contribution in [2.75, 3.05) is 7.11 Å². The molecule has 0 bridgehead atoms. The minimum absolute atomic E-state index is 0.495. The van der Waals surface area contributed by atoms with E-state index in [9.17, 15) is 0 Å². The van der Waals surface area contributed by atoms with Crippen LogP contribution in [0.4, 0.5) is 0 Å². The molecule has 15 heavy (non-hydrogen) atoms. The molecule has 0 N–H and O–H groups in total. The average Bonchev–Trinajstić information content (AvgIpc) is 2.26. The fourth-order valence-electron chi connectivity index (χ4n) is 1.74. The fourth-order valence-corrected chi connectivity index (χ4v) is 2.12. The second-order valence-corrected chi connectivity index (χ2v) is 4.43. The molecule has 0 aromatic heterocycles. The molecule has 0 aliphatic rings. The van der Waals surface area contributed by atoms with Gasteiger partial charge in [-0.05, 0) is 42.5 Å². The molecule has 1 aromatic carbocycles. The zero-order chi connectivity index (χ0) is 11.3. The van der Waals surface area contributed by atoms with Crippen molar-refractivity contribution in [1.29, 1.82) is 0 Å². The molecule has 0 amide bonds. The monoisotopic (exact) mass is 268 g/mol. The van der Waals surface area contributed by atoms with Gasteiger partial charge in [0.1, 0.15) is 5.75 Å². The molecule has 1 aromatic rings. The van der Waals surface area contributed by atoms with E-state index in [1.54, 1.807) is 7.11 Å². The first kappa shape index (κ1) is 12.3. The van der Waals surface area contributed by atoms with Crippen LogP contribution in [0.2, 0.25) is 0 Å². The largest absolute Gasteiger partial charge is 0.496 e. The third-order valence-corrected chi connectivity index (χ3v) is 3.07. The van der Waals surface area contributed by atoms with Gasteiger partial charge in [0.2, 0.25) is 0 Å². The van der Waals surface area contributed by atoms with Crippen molar-refractivity contribution in [1.82, 2.24) is 0 Å². The second kappa shape index (κ2) is 5.96. The van der Waals surface area contributed by atoms with E-state index >= 15 is 0 Å². The highest BCUT2D eigenvalue weighted by atomic mass is 79.9. The molecule has 1 rings (SSSR count). The van der Waals surface area contributed by atoms with Crippen LogP contribution in [0.15, 0.2) is 35.3 Å². The maximum atomic E-state index is 5.37. The van der Waals surface area contributed by atoms with Gasteiger partial charge in [-0.1, -0.05) is 28.9 Å². The topological polar surface area (TPSA) is 9.23 Å². The third-order valence-electron chi connectivity index (χ3n) is 2.58. The summed E-state index contributed by atoms with van der Waals surface area (Å²) in [6.07, 6.45) is 4.05. The molecule has 0 spiro atoms.